The van der Waals surface area contributed by atoms with Crippen LogP contribution in [0.5, 0.6) is 0 Å². The van der Waals surface area contributed by atoms with Gasteiger partial charge in [-0.3, -0.25) is 9.59 Å². The molecule has 0 spiro atoms. The molecule has 0 bridgehead atoms. The summed E-state index contributed by atoms with van der Waals surface area (Å²) in [5.74, 6) is 0.660. The number of nitrogens with zero attached hydrogens (tertiary/aromatic N) is 1. The maximum absolute atomic E-state index is 12.7. The first-order chi connectivity index (χ1) is 9.11. The van der Waals surface area contributed by atoms with Crippen molar-refractivity contribution in [3.8, 4) is 0 Å². The van der Waals surface area contributed by atoms with Crippen LogP contribution in [0.3, 0.4) is 0 Å². The second-order valence-corrected chi connectivity index (χ2v) is 7.16. The molecule has 0 saturated carbocycles. The van der Waals surface area contributed by atoms with Crippen LogP contribution < -0.4 is 5.32 Å². The zero-order valence-corrected chi connectivity index (χ0v) is 14.0. The number of hydrogen-bond acceptors (Lipinski definition) is 2. The van der Waals surface area contributed by atoms with Gasteiger partial charge >= 0.3 is 0 Å². The second-order valence-electron chi connectivity index (χ2n) is 7.16. The maximum Gasteiger partial charge on any atom is 0.246 e. The van der Waals surface area contributed by atoms with E-state index < -0.39 is 0 Å². The number of nitrogens with one attached hydrogen (secondary N) is 1. The van der Waals surface area contributed by atoms with Crippen molar-refractivity contribution in [3.05, 3.63) is 0 Å². The Labute approximate surface area is 123 Å². The summed E-state index contributed by atoms with van der Waals surface area (Å²) in [6, 6.07) is -0.743. The Balaban J connectivity index is 2.97. The SMILES string of the molecule is CCC(C)C1NC(=O)C(C)N(CC(C)(C)C(C)C)C1=O. The summed E-state index contributed by atoms with van der Waals surface area (Å²) in [6.07, 6.45) is 0.881. The van der Waals surface area contributed by atoms with Crippen LogP contribution in [0.25, 0.3) is 0 Å². The summed E-state index contributed by atoms with van der Waals surface area (Å²) in [4.78, 5) is 26.6. The lowest BCUT2D eigenvalue weighted by Crippen LogP contribution is -2.65. The zero-order valence-electron chi connectivity index (χ0n) is 14.0. The third kappa shape index (κ3) is 3.33. The van der Waals surface area contributed by atoms with Gasteiger partial charge in [-0.1, -0.05) is 48.0 Å². The number of rotatable bonds is 5. The molecule has 1 rings (SSSR count). The van der Waals surface area contributed by atoms with E-state index >= 15 is 0 Å². The molecule has 1 saturated heterocycles. The van der Waals surface area contributed by atoms with Crippen LogP contribution in [0.4, 0.5) is 0 Å². The molecule has 4 nitrogen and oxygen atoms in total. The first-order valence-corrected chi connectivity index (χ1v) is 7.72. The summed E-state index contributed by atoms with van der Waals surface area (Å²) < 4.78 is 0. The lowest BCUT2D eigenvalue weighted by atomic mass is 9.80. The molecule has 20 heavy (non-hydrogen) atoms. The normalized spacial score (nSPS) is 25.9. The van der Waals surface area contributed by atoms with Gasteiger partial charge in [-0.2, -0.15) is 0 Å². The summed E-state index contributed by atoms with van der Waals surface area (Å²) in [7, 11) is 0. The van der Waals surface area contributed by atoms with Crippen molar-refractivity contribution >= 4 is 11.8 Å². The number of amides is 2. The molecule has 1 fully saturated rings. The third-order valence-corrected chi connectivity index (χ3v) is 5.05. The first kappa shape index (κ1) is 17.0. The molecule has 0 aromatic heterocycles. The number of carbonyl (C=O) groups excluding carboxylic acids is 2. The number of carbonyl (C=O) groups is 2. The van der Waals surface area contributed by atoms with Crippen molar-refractivity contribution in [1.29, 1.82) is 0 Å². The van der Waals surface area contributed by atoms with Crippen LogP contribution >= 0.6 is 0 Å². The first-order valence-electron chi connectivity index (χ1n) is 7.72. The average molecular weight is 282 g/mol. The van der Waals surface area contributed by atoms with Crippen LogP contribution in [-0.4, -0.2) is 35.3 Å². The quantitative estimate of drug-likeness (QED) is 0.842. The molecule has 0 aromatic rings. The standard InChI is InChI=1S/C16H30N2O2/c1-8-11(4)13-15(20)18(12(5)14(19)17-13)9-16(6,7)10(2)3/h10-13H,8-9H2,1-7H3,(H,17,19). The topological polar surface area (TPSA) is 49.4 Å². The Morgan fingerprint density at radius 2 is 1.80 bits per heavy atom. The van der Waals surface area contributed by atoms with Crippen LogP contribution in [0.2, 0.25) is 0 Å². The summed E-state index contributed by atoms with van der Waals surface area (Å²) >= 11 is 0. The molecule has 2 amide bonds. The van der Waals surface area contributed by atoms with Gasteiger partial charge in [0.15, 0.2) is 0 Å². The highest BCUT2D eigenvalue weighted by atomic mass is 16.2. The lowest BCUT2D eigenvalue weighted by Gasteiger charge is -2.44. The van der Waals surface area contributed by atoms with E-state index in [4.69, 9.17) is 0 Å². The van der Waals surface area contributed by atoms with Crippen LogP contribution in [0.1, 0.15) is 54.9 Å². The van der Waals surface area contributed by atoms with E-state index in [2.05, 4.69) is 33.0 Å². The fourth-order valence-corrected chi connectivity index (χ4v) is 2.30. The van der Waals surface area contributed by atoms with E-state index in [0.29, 0.717) is 12.5 Å². The Morgan fingerprint density at radius 1 is 1.25 bits per heavy atom. The fourth-order valence-electron chi connectivity index (χ4n) is 2.30. The minimum absolute atomic E-state index is 0.00153. The van der Waals surface area contributed by atoms with Gasteiger partial charge in [-0.15, -0.1) is 0 Å². The van der Waals surface area contributed by atoms with Crippen LogP contribution in [0.15, 0.2) is 0 Å². The van der Waals surface area contributed by atoms with Crippen molar-refractivity contribution in [2.75, 3.05) is 6.54 Å². The van der Waals surface area contributed by atoms with E-state index in [-0.39, 0.29) is 35.2 Å². The Bertz CT molecular complexity index is 377. The van der Waals surface area contributed by atoms with Crippen molar-refractivity contribution in [2.45, 2.75) is 67.0 Å². The largest absolute Gasteiger partial charge is 0.342 e. The molecular formula is C16H30N2O2. The molecule has 4 heteroatoms. The predicted octanol–water partition coefficient (Wildman–Crippen LogP) is 2.43. The van der Waals surface area contributed by atoms with Crippen LogP contribution in [-0.2, 0) is 9.59 Å². The Hall–Kier alpha value is -1.06. The van der Waals surface area contributed by atoms with Gasteiger partial charge in [0.1, 0.15) is 12.1 Å². The van der Waals surface area contributed by atoms with Gasteiger partial charge < -0.3 is 10.2 Å². The summed E-state index contributed by atoms with van der Waals surface area (Å²) in [5.41, 5.74) is 0.00153. The van der Waals surface area contributed by atoms with Crippen molar-refractivity contribution < 1.29 is 9.59 Å². The van der Waals surface area contributed by atoms with Crippen molar-refractivity contribution in [2.24, 2.45) is 17.3 Å². The lowest BCUT2D eigenvalue weighted by molar-refractivity contribution is -0.152. The molecule has 3 unspecified atom stereocenters. The zero-order chi connectivity index (χ0) is 15.7. The molecule has 0 aromatic carbocycles. The fraction of sp³-hybridized carbons (Fsp3) is 0.875. The highest BCUT2D eigenvalue weighted by Gasteiger charge is 2.42. The minimum atomic E-state index is -0.374. The second kappa shape index (κ2) is 6.15. The Morgan fingerprint density at radius 3 is 2.25 bits per heavy atom. The van der Waals surface area contributed by atoms with Crippen LogP contribution in [0, 0.1) is 17.3 Å². The monoisotopic (exact) mass is 282 g/mol. The Kier molecular flexibility index (Phi) is 5.22. The smallest absolute Gasteiger partial charge is 0.246 e. The highest BCUT2D eigenvalue weighted by molar-refractivity contribution is 5.96. The molecule has 0 aliphatic carbocycles. The van der Waals surface area contributed by atoms with Crippen molar-refractivity contribution in [1.82, 2.24) is 10.2 Å². The van der Waals surface area contributed by atoms with E-state index in [9.17, 15) is 9.59 Å². The number of piperazine rings is 1. The highest BCUT2D eigenvalue weighted by Crippen LogP contribution is 2.29. The molecule has 1 aliphatic rings. The molecule has 1 aliphatic heterocycles. The van der Waals surface area contributed by atoms with Gasteiger partial charge in [0, 0.05) is 6.54 Å². The van der Waals surface area contributed by atoms with Gasteiger partial charge in [-0.25, -0.2) is 0 Å². The minimum Gasteiger partial charge on any atom is -0.342 e. The van der Waals surface area contributed by atoms with E-state index in [1.54, 1.807) is 4.90 Å². The average Bonchev–Trinajstić information content (AvgIpc) is 2.37. The molecule has 3 atom stereocenters. The molecule has 0 radical (unpaired) electrons. The van der Waals surface area contributed by atoms with Gasteiger partial charge in [-0.05, 0) is 24.2 Å². The van der Waals surface area contributed by atoms with E-state index in [0.717, 1.165) is 6.42 Å². The van der Waals surface area contributed by atoms with Gasteiger partial charge in [0.25, 0.3) is 0 Å². The van der Waals surface area contributed by atoms with Gasteiger partial charge in [0.2, 0.25) is 11.8 Å². The number of hydrogen-bond donors (Lipinski definition) is 1. The van der Waals surface area contributed by atoms with E-state index in [1.807, 2.05) is 20.8 Å². The van der Waals surface area contributed by atoms with Gasteiger partial charge in [0.05, 0.1) is 0 Å². The molecule has 1 heterocycles. The van der Waals surface area contributed by atoms with E-state index in [1.165, 1.54) is 0 Å². The van der Waals surface area contributed by atoms with Crippen molar-refractivity contribution in [3.63, 3.8) is 0 Å². The maximum atomic E-state index is 12.7. The summed E-state index contributed by atoms with van der Waals surface area (Å²) in [6.45, 7) is 15.1. The predicted molar refractivity (Wildman–Crippen MR) is 81.2 cm³/mol. The molecular weight excluding hydrogens is 252 g/mol. The summed E-state index contributed by atoms with van der Waals surface area (Å²) in [5, 5.41) is 2.88. The molecule has 1 N–H and O–H groups in total. The third-order valence-electron chi connectivity index (χ3n) is 5.05. The molecule has 116 valence electrons.